The standard InChI is InChI=1S/C13H14N6/c1-10-13(17-8-16-10)6-15-11-2-4-12(5-3-11)19-9-14-7-18-19/h2-5,7-9,15H,6H2,1H3,(H,16,17). The predicted octanol–water partition coefficient (Wildman–Crippen LogP) is 1.91. The molecule has 0 amide bonds. The highest BCUT2D eigenvalue weighted by molar-refractivity contribution is 5.48. The maximum absolute atomic E-state index is 4.25. The van der Waals surface area contributed by atoms with E-state index < -0.39 is 0 Å². The van der Waals surface area contributed by atoms with Gasteiger partial charge in [-0.3, -0.25) is 0 Å². The van der Waals surface area contributed by atoms with Gasteiger partial charge in [-0.2, -0.15) is 5.10 Å². The Morgan fingerprint density at radius 2 is 2.11 bits per heavy atom. The third-order valence-electron chi connectivity index (χ3n) is 2.94. The van der Waals surface area contributed by atoms with Gasteiger partial charge in [-0.15, -0.1) is 0 Å². The number of rotatable bonds is 4. The summed E-state index contributed by atoms with van der Waals surface area (Å²) in [6.45, 7) is 2.72. The number of benzene rings is 1. The van der Waals surface area contributed by atoms with Gasteiger partial charge in [-0.1, -0.05) is 0 Å². The van der Waals surface area contributed by atoms with Gasteiger partial charge >= 0.3 is 0 Å². The molecule has 2 N–H and O–H groups in total. The van der Waals surface area contributed by atoms with Crippen molar-refractivity contribution in [2.45, 2.75) is 13.5 Å². The van der Waals surface area contributed by atoms with Crippen LogP contribution in [0.3, 0.4) is 0 Å². The van der Waals surface area contributed by atoms with Crippen LogP contribution in [0.1, 0.15) is 11.4 Å². The van der Waals surface area contributed by atoms with E-state index in [0.29, 0.717) is 6.54 Å². The molecule has 0 aliphatic heterocycles. The van der Waals surface area contributed by atoms with Gasteiger partial charge < -0.3 is 10.3 Å². The van der Waals surface area contributed by atoms with E-state index in [1.807, 2.05) is 31.2 Å². The summed E-state index contributed by atoms with van der Waals surface area (Å²) in [7, 11) is 0. The normalized spacial score (nSPS) is 10.6. The van der Waals surface area contributed by atoms with Crippen molar-refractivity contribution in [2.75, 3.05) is 5.32 Å². The molecule has 2 aromatic heterocycles. The Labute approximate surface area is 110 Å². The van der Waals surface area contributed by atoms with Gasteiger partial charge in [0.1, 0.15) is 12.7 Å². The molecule has 2 heterocycles. The van der Waals surface area contributed by atoms with E-state index >= 15 is 0 Å². The molecule has 3 rings (SSSR count). The fourth-order valence-electron chi connectivity index (χ4n) is 1.82. The molecule has 0 bridgehead atoms. The van der Waals surface area contributed by atoms with Crippen molar-refractivity contribution >= 4 is 5.69 Å². The zero-order valence-electron chi connectivity index (χ0n) is 10.5. The second-order valence-electron chi connectivity index (χ2n) is 4.21. The summed E-state index contributed by atoms with van der Waals surface area (Å²) in [4.78, 5) is 11.2. The van der Waals surface area contributed by atoms with Gasteiger partial charge in [0, 0.05) is 11.4 Å². The molecule has 0 saturated heterocycles. The van der Waals surface area contributed by atoms with Crippen LogP contribution in [-0.2, 0) is 6.54 Å². The molecule has 0 aliphatic carbocycles. The van der Waals surface area contributed by atoms with Crippen LogP contribution in [0.4, 0.5) is 5.69 Å². The molecule has 6 nitrogen and oxygen atoms in total. The van der Waals surface area contributed by atoms with Crippen LogP contribution in [-0.4, -0.2) is 24.7 Å². The first kappa shape index (κ1) is 11.5. The van der Waals surface area contributed by atoms with E-state index in [-0.39, 0.29) is 0 Å². The van der Waals surface area contributed by atoms with E-state index in [1.165, 1.54) is 6.33 Å². The second kappa shape index (κ2) is 4.93. The summed E-state index contributed by atoms with van der Waals surface area (Å²) < 4.78 is 1.72. The number of nitrogens with zero attached hydrogens (tertiary/aromatic N) is 4. The highest BCUT2D eigenvalue weighted by Gasteiger charge is 2.01. The number of hydrogen-bond acceptors (Lipinski definition) is 4. The lowest BCUT2D eigenvalue weighted by Gasteiger charge is -2.06. The van der Waals surface area contributed by atoms with Crippen LogP contribution in [0.2, 0.25) is 0 Å². The van der Waals surface area contributed by atoms with E-state index in [9.17, 15) is 0 Å². The third kappa shape index (κ3) is 2.47. The molecular formula is C13H14N6. The number of aromatic amines is 1. The maximum Gasteiger partial charge on any atom is 0.138 e. The lowest BCUT2D eigenvalue weighted by molar-refractivity contribution is 0.879. The number of aromatic nitrogens is 5. The summed E-state index contributed by atoms with van der Waals surface area (Å²) in [5.74, 6) is 0. The maximum atomic E-state index is 4.25. The van der Waals surface area contributed by atoms with Crippen molar-refractivity contribution in [1.82, 2.24) is 24.7 Å². The molecule has 3 aromatic rings. The van der Waals surface area contributed by atoms with Gasteiger partial charge in [0.25, 0.3) is 0 Å². The minimum atomic E-state index is 0.706. The van der Waals surface area contributed by atoms with Gasteiger partial charge in [0.05, 0.1) is 24.3 Å². The zero-order chi connectivity index (χ0) is 13.1. The first-order chi connectivity index (χ1) is 9.33. The molecule has 1 aromatic carbocycles. The summed E-state index contributed by atoms with van der Waals surface area (Å²) >= 11 is 0. The smallest absolute Gasteiger partial charge is 0.138 e. The van der Waals surface area contributed by atoms with Crippen molar-refractivity contribution in [3.63, 3.8) is 0 Å². The number of hydrogen-bond donors (Lipinski definition) is 2. The minimum Gasteiger partial charge on any atom is -0.379 e. The van der Waals surface area contributed by atoms with Crippen LogP contribution < -0.4 is 5.32 Å². The minimum absolute atomic E-state index is 0.706. The van der Waals surface area contributed by atoms with Gasteiger partial charge in [0.2, 0.25) is 0 Å². The molecule has 96 valence electrons. The van der Waals surface area contributed by atoms with E-state index in [0.717, 1.165) is 22.8 Å². The number of anilines is 1. The first-order valence-corrected chi connectivity index (χ1v) is 6.01. The van der Waals surface area contributed by atoms with Crippen LogP contribution in [0, 0.1) is 6.92 Å². The number of aryl methyl sites for hydroxylation is 1. The number of nitrogens with one attached hydrogen (secondary N) is 2. The Morgan fingerprint density at radius 1 is 1.26 bits per heavy atom. The SMILES string of the molecule is Cc1[nH]cnc1CNc1ccc(-n2cncn2)cc1. The van der Waals surface area contributed by atoms with E-state index in [4.69, 9.17) is 0 Å². The monoisotopic (exact) mass is 254 g/mol. The molecule has 0 fully saturated rings. The highest BCUT2D eigenvalue weighted by atomic mass is 15.3. The molecule has 0 saturated carbocycles. The summed E-state index contributed by atoms with van der Waals surface area (Å²) in [6, 6.07) is 8.01. The molecule has 0 spiro atoms. The van der Waals surface area contributed by atoms with Crippen LogP contribution in [0.25, 0.3) is 5.69 Å². The lowest BCUT2D eigenvalue weighted by atomic mass is 10.2. The Bertz CT molecular complexity index is 638. The van der Waals surface area contributed by atoms with Gasteiger partial charge in [0.15, 0.2) is 0 Å². The summed E-state index contributed by atoms with van der Waals surface area (Å²) in [5.41, 5.74) is 4.15. The lowest BCUT2D eigenvalue weighted by Crippen LogP contribution is -2.01. The van der Waals surface area contributed by atoms with Crippen LogP contribution >= 0.6 is 0 Å². The highest BCUT2D eigenvalue weighted by Crippen LogP contribution is 2.13. The second-order valence-corrected chi connectivity index (χ2v) is 4.21. The molecule has 0 unspecified atom stereocenters. The van der Waals surface area contributed by atoms with E-state index in [1.54, 1.807) is 17.3 Å². The third-order valence-corrected chi connectivity index (χ3v) is 2.94. The Hall–Kier alpha value is -2.63. The Kier molecular flexibility index (Phi) is 2.97. The van der Waals surface area contributed by atoms with Crippen molar-refractivity contribution in [3.05, 3.63) is 54.6 Å². The molecule has 0 aliphatic rings. The Morgan fingerprint density at radius 3 is 2.74 bits per heavy atom. The molecule has 0 radical (unpaired) electrons. The molecule has 19 heavy (non-hydrogen) atoms. The topological polar surface area (TPSA) is 71.4 Å². The fraction of sp³-hybridized carbons (Fsp3) is 0.154. The predicted molar refractivity (Wildman–Crippen MR) is 72.0 cm³/mol. The number of H-pyrrole nitrogens is 1. The largest absolute Gasteiger partial charge is 0.379 e. The Balaban J connectivity index is 1.68. The van der Waals surface area contributed by atoms with Crippen LogP contribution in [0.15, 0.2) is 43.2 Å². The summed E-state index contributed by atoms with van der Waals surface area (Å²) in [5, 5.41) is 7.42. The van der Waals surface area contributed by atoms with E-state index in [2.05, 4.69) is 25.4 Å². The average Bonchev–Trinajstić information content (AvgIpc) is 3.09. The van der Waals surface area contributed by atoms with Gasteiger partial charge in [-0.05, 0) is 31.2 Å². The van der Waals surface area contributed by atoms with Crippen molar-refractivity contribution < 1.29 is 0 Å². The average molecular weight is 254 g/mol. The zero-order valence-corrected chi connectivity index (χ0v) is 10.5. The van der Waals surface area contributed by atoms with Crippen LogP contribution in [0.5, 0.6) is 0 Å². The van der Waals surface area contributed by atoms with Crippen molar-refractivity contribution in [1.29, 1.82) is 0 Å². The molecule has 0 atom stereocenters. The molecular weight excluding hydrogens is 240 g/mol. The molecule has 6 heteroatoms. The quantitative estimate of drug-likeness (QED) is 0.746. The fourth-order valence-corrected chi connectivity index (χ4v) is 1.82. The van der Waals surface area contributed by atoms with Gasteiger partial charge in [-0.25, -0.2) is 14.6 Å². The summed E-state index contributed by atoms with van der Waals surface area (Å²) in [6.07, 6.45) is 4.90. The van der Waals surface area contributed by atoms with Crippen molar-refractivity contribution in [2.24, 2.45) is 0 Å². The van der Waals surface area contributed by atoms with Crippen molar-refractivity contribution in [3.8, 4) is 5.69 Å². The number of imidazole rings is 1. The first-order valence-electron chi connectivity index (χ1n) is 6.01.